The summed E-state index contributed by atoms with van der Waals surface area (Å²) in [5.41, 5.74) is 2.32. The Balaban J connectivity index is 1.45. The maximum absolute atomic E-state index is 13.2. The zero-order chi connectivity index (χ0) is 21.7. The third-order valence-electron chi connectivity index (χ3n) is 6.77. The number of hydrogen-bond acceptors (Lipinski definition) is 6. The summed E-state index contributed by atoms with van der Waals surface area (Å²) < 4.78 is 8.34. The van der Waals surface area contributed by atoms with Gasteiger partial charge in [0.15, 0.2) is 5.72 Å². The molecule has 164 valence electrons. The van der Waals surface area contributed by atoms with Crippen LogP contribution in [0.25, 0.3) is 5.69 Å². The molecule has 1 aromatic heterocycles. The van der Waals surface area contributed by atoms with Gasteiger partial charge in [0.25, 0.3) is 5.91 Å². The molecule has 2 fully saturated rings. The third kappa shape index (κ3) is 2.91. The Morgan fingerprint density at radius 2 is 1.72 bits per heavy atom. The summed E-state index contributed by atoms with van der Waals surface area (Å²) in [4.78, 5) is 24.3. The number of benzene rings is 2. The lowest BCUT2D eigenvalue weighted by Crippen LogP contribution is -2.47. The number of para-hydroxylation sites is 1. The number of likely N-dealkylation sites (N-methyl/N-ethyl adjacent to an activating group) is 1. The lowest BCUT2D eigenvalue weighted by molar-refractivity contribution is -0.0551. The number of ether oxygens (including phenoxy) is 1. The van der Waals surface area contributed by atoms with Crippen molar-refractivity contribution in [3.05, 3.63) is 77.4 Å². The first-order valence-corrected chi connectivity index (χ1v) is 11.1. The van der Waals surface area contributed by atoms with Gasteiger partial charge < -0.3 is 14.5 Å². The number of nitrogens with zero attached hydrogens (tertiary/aromatic N) is 6. The molecule has 1 atom stereocenters. The largest absolute Gasteiger partial charge is 0.350 e. The zero-order valence-electron chi connectivity index (χ0n) is 18.1. The first-order chi connectivity index (χ1) is 15.7. The molecule has 0 radical (unpaired) electrons. The number of fused-ring (bicyclic) bond motifs is 5. The van der Waals surface area contributed by atoms with Gasteiger partial charge in [-0.2, -0.15) is 0 Å². The number of carbonyl (C=O) groups is 1. The second-order valence-corrected chi connectivity index (χ2v) is 8.66. The molecule has 8 heteroatoms. The first-order valence-electron chi connectivity index (χ1n) is 11.1. The highest BCUT2D eigenvalue weighted by atomic mass is 16.5. The number of piperazine rings is 1. The van der Waals surface area contributed by atoms with Gasteiger partial charge in [-0.15, -0.1) is 5.10 Å². The van der Waals surface area contributed by atoms with Crippen molar-refractivity contribution >= 4 is 5.91 Å². The highest BCUT2D eigenvalue weighted by molar-refractivity contribution is 5.90. The molecule has 2 saturated heterocycles. The van der Waals surface area contributed by atoms with E-state index in [-0.39, 0.29) is 11.7 Å². The van der Waals surface area contributed by atoms with Crippen LogP contribution >= 0.6 is 0 Å². The summed E-state index contributed by atoms with van der Waals surface area (Å²) >= 11 is 0. The van der Waals surface area contributed by atoms with E-state index in [2.05, 4.69) is 35.0 Å². The molecule has 0 aliphatic carbocycles. The molecular formula is C24H26N6O2. The van der Waals surface area contributed by atoms with Crippen LogP contribution in [0.2, 0.25) is 0 Å². The highest BCUT2D eigenvalue weighted by Crippen LogP contribution is 2.45. The van der Waals surface area contributed by atoms with Crippen molar-refractivity contribution in [1.29, 1.82) is 0 Å². The van der Waals surface area contributed by atoms with E-state index in [0.29, 0.717) is 26.2 Å². The second-order valence-electron chi connectivity index (χ2n) is 8.66. The average Bonchev–Trinajstić information content (AvgIpc) is 3.43. The standard InChI is InChI=1S/C24H26N6O2/c1-27-11-13-28(14-12-27)23(31)22-25-21-17-29-15-16-32-24(29,18-7-3-2-4-8-18)19-9-5-6-10-20(19)30(21)26-22/h2-10H,11-17H2,1H3. The van der Waals surface area contributed by atoms with Crippen LogP contribution < -0.4 is 0 Å². The van der Waals surface area contributed by atoms with E-state index in [1.165, 1.54) is 0 Å². The minimum Gasteiger partial charge on any atom is -0.350 e. The zero-order valence-corrected chi connectivity index (χ0v) is 18.1. The molecule has 8 nitrogen and oxygen atoms in total. The van der Waals surface area contributed by atoms with Gasteiger partial charge in [0, 0.05) is 43.9 Å². The van der Waals surface area contributed by atoms with E-state index in [9.17, 15) is 4.79 Å². The Morgan fingerprint density at radius 3 is 2.53 bits per heavy atom. The fourth-order valence-electron chi connectivity index (χ4n) is 5.07. The van der Waals surface area contributed by atoms with Gasteiger partial charge in [0.1, 0.15) is 5.82 Å². The summed E-state index contributed by atoms with van der Waals surface area (Å²) in [6, 6.07) is 18.5. The SMILES string of the molecule is CN1CCN(C(=O)c2nc3n(n2)-c2ccccc2C2(c4ccccc4)OCCN2C3)CC1. The molecule has 0 saturated carbocycles. The molecule has 0 spiro atoms. The fraction of sp³-hybridized carbons (Fsp3) is 0.375. The fourth-order valence-corrected chi connectivity index (χ4v) is 5.07. The van der Waals surface area contributed by atoms with Crippen LogP contribution in [-0.2, 0) is 17.0 Å². The third-order valence-corrected chi connectivity index (χ3v) is 6.77. The lowest BCUT2D eigenvalue weighted by Gasteiger charge is -2.37. The molecule has 3 aliphatic heterocycles. The van der Waals surface area contributed by atoms with Crippen LogP contribution in [0.15, 0.2) is 54.6 Å². The number of hydrogen-bond donors (Lipinski definition) is 0. The Kier molecular flexibility index (Phi) is 4.60. The van der Waals surface area contributed by atoms with Crippen LogP contribution in [0.3, 0.4) is 0 Å². The number of carbonyl (C=O) groups excluding carboxylic acids is 1. The summed E-state index contributed by atoms with van der Waals surface area (Å²) in [6.07, 6.45) is 0. The molecule has 3 aliphatic rings. The van der Waals surface area contributed by atoms with Crippen molar-refractivity contribution in [2.75, 3.05) is 46.4 Å². The monoisotopic (exact) mass is 430 g/mol. The molecule has 0 N–H and O–H groups in total. The van der Waals surface area contributed by atoms with Crippen molar-refractivity contribution < 1.29 is 9.53 Å². The molecule has 6 rings (SSSR count). The Morgan fingerprint density at radius 1 is 0.969 bits per heavy atom. The van der Waals surface area contributed by atoms with Crippen LogP contribution in [-0.4, -0.2) is 81.7 Å². The molecule has 4 heterocycles. The van der Waals surface area contributed by atoms with Crippen LogP contribution in [0.1, 0.15) is 27.6 Å². The normalized spacial score (nSPS) is 23.3. The van der Waals surface area contributed by atoms with E-state index in [1.807, 2.05) is 46.0 Å². The van der Waals surface area contributed by atoms with Gasteiger partial charge in [0.2, 0.25) is 5.82 Å². The van der Waals surface area contributed by atoms with Gasteiger partial charge in [-0.3, -0.25) is 9.69 Å². The minimum atomic E-state index is -0.693. The summed E-state index contributed by atoms with van der Waals surface area (Å²) in [5.74, 6) is 0.938. The molecule has 2 aromatic carbocycles. The Labute approximate surface area is 187 Å². The van der Waals surface area contributed by atoms with Crippen molar-refractivity contribution in [1.82, 2.24) is 29.5 Å². The van der Waals surface area contributed by atoms with Gasteiger partial charge in [-0.25, -0.2) is 9.67 Å². The van der Waals surface area contributed by atoms with Gasteiger partial charge in [-0.05, 0) is 13.1 Å². The van der Waals surface area contributed by atoms with E-state index in [0.717, 1.165) is 42.3 Å². The predicted molar refractivity (Wildman–Crippen MR) is 118 cm³/mol. The molecule has 1 unspecified atom stereocenters. The maximum atomic E-state index is 13.2. The lowest BCUT2D eigenvalue weighted by atomic mass is 9.92. The first kappa shape index (κ1) is 19.6. The summed E-state index contributed by atoms with van der Waals surface area (Å²) in [6.45, 7) is 5.09. The van der Waals surface area contributed by atoms with Crippen LogP contribution in [0.5, 0.6) is 0 Å². The van der Waals surface area contributed by atoms with Crippen molar-refractivity contribution in [3.63, 3.8) is 0 Å². The molecule has 1 amide bonds. The minimum absolute atomic E-state index is 0.0943. The molecular weight excluding hydrogens is 404 g/mol. The van der Waals surface area contributed by atoms with Crippen molar-refractivity contribution in [2.45, 2.75) is 12.3 Å². The maximum Gasteiger partial charge on any atom is 0.293 e. The number of aromatic nitrogens is 3. The smallest absolute Gasteiger partial charge is 0.293 e. The van der Waals surface area contributed by atoms with E-state index in [4.69, 9.17) is 14.8 Å². The van der Waals surface area contributed by atoms with E-state index < -0.39 is 5.72 Å². The average molecular weight is 431 g/mol. The Hall–Kier alpha value is -3.07. The van der Waals surface area contributed by atoms with E-state index in [1.54, 1.807) is 0 Å². The highest BCUT2D eigenvalue weighted by Gasteiger charge is 2.49. The Bertz CT molecular complexity index is 1150. The van der Waals surface area contributed by atoms with Crippen molar-refractivity contribution in [2.24, 2.45) is 0 Å². The van der Waals surface area contributed by atoms with Crippen LogP contribution in [0, 0.1) is 0 Å². The molecule has 3 aromatic rings. The number of rotatable bonds is 2. The summed E-state index contributed by atoms with van der Waals surface area (Å²) in [7, 11) is 2.08. The van der Waals surface area contributed by atoms with Gasteiger partial charge >= 0.3 is 0 Å². The van der Waals surface area contributed by atoms with Crippen LogP contribution in [0.4, 0.5) is 0 Å². The van der Waals surface area contributed by atoms with Gasteiger partial charge in [-0.1, -0.05) is 48.5 Å². The summed E-state index contributed by atoms with van der Waals surface area (Å²) in [5, 5.41) is 4.72. The number of amides is 1. The quantitative estimate of drug-likeness (QED) is 0.617. The molecule has 32 heavy (non-hydrogen) atoms. The molecule has 0 bridgehead atoms. The van der Waals surface area contributed by atoms with E-state index >= 15 is 0 Å². The topological polar surface area (TPSA) is 66.7 Å². The predicted octanol–water partition coefficient (Wildman–Crippen LogP) is 1.70. The van der Waals surface area contributed by atoms with Crippen molar-refractivity contribution in [3.8, 4) is 5.69 Å². The van der Waals surface area contributed by atoms with Gasteiger partial charge in [0.05, 0.1) is 18.8 Å². The second kappa shape index (κ2) is 7.51.